The van der Waals surface area contributed by atoms with Gasteiger partial charge in [0.15, 0.2) is 0 Å². The Morgan fingerprint density at radius 3 is 2.11 bits per heavy atom. The second-order valence-electron chi connectivity index (χ2n) is 7.51. The highest BCUT2D eigenvalue weighted by atomic mass is 16.5. The van der Waals surface area contributed by atoms with Crippen molar-refractivity contribution >= 4 is 0 Å². The zero-order chi connectivity index (χ0) is 14.3. The molecule has 3 heteroatoms. The third kappa shape index (κ3) is 2.45. The van der Waals surface area contributed by atoms with Crippen LogP contribution >= 0.6 is 0 Å². The van der Waals surface area contributed by atoms with Gasteiger partial charge in [-0.15, -0.1) is 0 Å². The summed E-state index contributed by atoms with van der Waals surface area (Å²) in [7, 11) is 0. The molecule has 19 heavy (non-hydrogen) atoms. The smallest absolute Gasteiger partial charge is 0.0830 e. The molecular formula is C16H32N2O. The minimum absolute atomic E-state index is 0.0136. The van der Waals surface area contributed by atoms with Gasteiger partial charge >= 0.3 is 0 Å². The number of hydrogen-bond acceptors (Lipinski definition) is 3. The summed E-state index contributed by atoms with van der Waals surface area (Å²) in [6.07, 6.45) is 6.42. The Kier molecular flexibility index (Phi) is 4.03. The average molecular weight is 268 g/mol. The van der Waals surface area contributed by atoms with E-state index in [-0.39, 0.29) is 16.7 Å². The maximum Gasteiger partial charge on any atom is 0.0830 e. The Balaban J connectivity index is 2.34. The van der Waals surface area contributed by atoms with E-state index in [1.54, 1.807) is 0 Å². The highest BCUT2D eigenvalue weighted by Gasteiger charge is 2.60. The molecule has 2 aliphatic rings. The molecule has 1 aliphatic heterocycles. The van der Waals surface area contributed by atoms with E-state index in [0.29, 0.717) is 12.6 Å². The van der Waals surface area contributed by atoms with Gasteiger partial charge in [-0.2, -0.15) is 0 Å². The number of ether oxygens (including phenoxy) is 1. The molecule has 0 aromatic carbocycles. The van der Waals surface area contributed by atoms with E-state index in [0.717, 1.165) is 13.0 Å². The molecule has 0 radical (unpaired) electrons. The van der Waals surface area contributed by atoms with Crippen LogP contribution in [0.15, 0.2) is 0 Å². The van der Waals surface area contributed by atoms with Crippen molar-refractivity contribution in [3.05, 3.63) is 0 Å². The van der Waals surface area contributed by atoms with E-state index in [9.17, 15) is 0 Å². The predicted octanol–water partition coefficient (Wildman–Crippen LogP) is 2.93. The van der Waals surface area contributed by atoms with Crippen LogP contribution in [0.5, 0.6) is 0 Å². The molecule has 1 atom stereocenters. The van der Waals surface area contributed by atoms with E-state index in [1.165, 1.54) is 25.7 Å². The van der Waals surface area contributed by atoms with Crippen LogP contribution in [0.3, 0.4) is 0 Å². The maximum absolute atomic E-state index is 6.36. The van der Waals surface area contributed by atoms with Crippen LogP contribution in [-0.2, 0) is 4.74 Å². The molecule has 2 N–H and O–H groups in total. The van der Waals surface area contributed by atoms with Crippen molar-refractivity contribution < 1.29 is 4.74 Å². The fourth-order valence-electron chi connectivity index (χ4n) is 4.75. The topological polar surface area (TPSA) is 38.5 Å². The average Bonchev–Trinajstić information content (AvgIpc) is 2.85. The summed E-state index contributed by atoms with van der Waals surface area (Å²) in [6, 6.07) is 0.699. The maximum atomic E-state index is 6.36. The standard InChI is InChI=1S/C16H32N2O/c1-6-18(13-9-7-8-10-13)16(12-17)11-14(2,3)19-15(16,4)5/h13H,6-12,17H2,1-5H3. The van der Waals surface area contributed by atoms with Crippen molar-refractivity contribution in [2.24, 2.45) is 5.73 Å². The van der Waals surface area contributed by atoms with Gasteiger partial charge in [0, 0.05) is 12.6 Å². The number of hydrogen-bond donors (Lipinski definition) is 1. The van der Waals surface area contributed by atoms with Gasteiger partial charge < -0.3 is 10.5 Å². The van der Waals surface area contributed by atoms with Crippen LogP contribution in [-0.4, -0.2) is 40.8 Å². The lowest BCUT2D eigenvalue weighted by molar-refractivity contribution is -0.110. The predicted molar refractivity (Wildman–Crippen MR) is 80.3 cm³/mol. The molecule has 3 nitrogen and oxygen atoms in total. The van der Waals surface area contributed by atoms with Crippen LogP contribution in [0, 0.1) is 0 Å². The van der Waals surface area contributed by atoms with E-state index in [4.69, 9.17) is 10.5 Å². The number of nitrogens with zero attached hydrogens (tertiary/aromatic N) is 1. The Bertz CT molecular complexity index is 321. The molecule has 0 aromatic rings. The first-order valence-electron chi connectivity index (χ1n) is 7.95. The van der Waals surface area contributed by atoms with E-state index >= 15 is 0 Å². The van der Waals surface area contributed by atoms with Gasteiger partial charge in [0.05, 0.1) is 16.7 Å². The zero-order valence-corrected chi connectivity index (χ0v) is 13.5. The van der Waals surface area contributed by atoms with Crippen molar-refractivity contribution in [2.75, 3.05) is 13.1 Å². The summed E-state index contributed by atoms with van der Waals surface area (Å²) in [4.78, 5) is 2.68. The van der Waals surface area contributed by atoms with Gasteiger partial charge in [0.25, 0.3) is 0 Å². The molecule has 1 unspecified atom stereocenters. The molecule has 2 fully saturated rings. The van der Waals surface area contributed by atoms with Crippen molar-refractivity contribution in [1.82, 2.24) is 4.90 Å². The first-order valence-corrected chi connectivity index (χ1v) is 7.95. The van der Waals surface area contributed by atoms with Gasteiger partial charge in [0.2, 0.25) is 0 Å². The van der Waals surface area contributed by atoms with Crippen molar-refractivity contribution in [2.45, 2.75) is 89.5 Å². The second kappa shape index (κ2) is 5.01. The van der Waals surface area contributed by atoms with Crippen molar-refractivity contribution in [3.8, 4) is 0 Å². The SMILES string of the molecule is CCN(C1CCCC1)C1(CN)CC(C)(C)OC1(C)C. The lowest BCUT2D eigenvalue weighted by atomic mass is 9.76. The molecule has 112 valence electrons. The summed E-state index contributed by atoms with van der Waals surface area (Å²) in [5.74, 6) is 0. The summed E-state index contributed by atoms with van der Waals surface area (Å²) < 4.78 is 6.36. The molecule has 1 aliphatic carbocycles. The summed E-state index contributed by atoms with van der Waals surface area (Å²) in [6.45, 7) is 12.9. The van der Waals surface area contributed by atoms with Gasteiger partial charge in [-0.3, -0.25) is 4.90 Å². The minimum atomic E-state index is -0.177. The molecule has 1 saturated carbocycles. The number of nitrogens with two attached hydrogens (primary N) is 1. The highest BCUT2D eigenvalue weighted by Crippen LogP contribution is 2.49. The normalized spacial score (nSPS) is 34.3. The molecule has 1 heterocycles. The molecule has 0 aromatic heterocycles. The molecule has 0 amide bonds. The molecule has 2 rings (SSSR count). The molecule has 0 spiro atoms. The fraction of sp³-hybridized carbons (Fsp3) is 1.00. The zero-order valence-electron chi connectivity index (χ0n) is 13.5. The molecule has 1 saturated heterocycles. The summed E-state index contributed by atoms with van der Waals surface area (Å²) >= 11 is 0. The monoisotopic (exact) mass is 268 g/mol. The van der Waals surface area contributed by atoms with E-state index in [1.807, 2.05) is 0 Å². The van der Waals surface area contributed by atoms with Crippen molar-refractivity contribution in [1.29, 1.82) is 0 Å². The first kappa shape index (κ1) is 15.3. The lowest BCUT2D eigenvalue weighted by Crippen LogP contribution is -2.65. The van der Waals surface area contributed by atoms with Crippen LogP contribution in [0.1, 0.15) is 66.7 Å². The molecule has 0 bridgehead atoms. The summed E-state index contributed by atoms with van der Waals surface area (Å²) in [5.41, 5.74) is 6.02. The van der Waals surface area contributed by atoms with Crippen LogP contribution in [0.2, 0.25) is 0 Å². The van der Waals surface area contributed by atoms with Gasteiger partial charge in [0.1, 0.15) is 0 Å². The molecular weight excluding hydrogens is 236 g/mol. The third-order valence-corrected chi connectivity index (χ3v) is 5.36. The quantitative estimate of drug-likeness (QED) is 0.852. The van der Waals surface area contributed by atoms with Gasteiger partial charge in [-0.05, 0) is 53.5 Å². The highest BCUT2D eigenvalue weighted by molar-refractivity contribution is 5.14. The minimum Gasteiger partial charge on any atom is -0.368 e. The van der Waals surface area contributed by atoms with Crippen molar-refractivity contribution in [3.63, 3.8) is 0 Å². The first-order chi connectivity index (χ1) is 8.78. The van der Waals surface area contributed by atoms with Crippen LogP contribution < -0.4 is 5.73 Å². The van der Waals surface area contributed by atoms with E-state index in [2.05, 4.69) is 39.5 Å². The van der Waals surface area contributed by atoms with Gasteiger partial charge in [-0.1, -0.05) is 19.8 Å². The Morgan fingerprint density at radius 2 is 1.74 bits per heavy atom. The van der Waals surface area contributed by atoms with Gasteiger partial charge in [-0.25, -0.2) is 0 Å². The lowest BCUT2D eigenvalue weighted by Gasteiger charge is -2.50. The number of likely N-dealkylation sites (N-methyl/N-ethyl adjacent to an activating group) is 1. The van der Waals surface area contributed by atoms with E-state index < -0.39 is 0 Å². The number of rotatable bonds is 4. The fourth-order valence-corrected chi connectivity index (χ4v) is 4.75. The Labute approximate surface area is 118 Å². The van der Waals surface area contributed by atoms with Crippen LogP contribution in [0.4, 0.5) is 0 Å². The summed E-state index contributed by atoms with van der Waals surface area (Å²) in [5, 5.41) is 0. The second-order valence-corrected chi connectivity index (χ2v) is 7.51. The Hall–Kier alpha value is -0.120. The third-order valence-electron chi connectivity index (χ3n) is 5.36. The Morgan fingerprint density at radius 1 is 1.16 bits per heavy atom. The largest absolute Gasteiger partial charge is 0.368 e. The van der Waals surface area contributed by atoms with Crippen LogP contribution in [0.25, 0.3) is 0 Å².